The van der Waals surface area contributed by atoms with E-state index in [9.17, 15) is 19.2 Å². The van der Waals surface area contributed by atoms with Gasteiger partial charge in [-0.05, 0) is 65.0 Å². The SMILES string of the molecule is CC1=NN(c2cc(Cl)c(OC3=NCC(=O)C(CC4CCN(C(=O)OC(C)(C)C)CC4)=C3)c(Cl)c2)C(=O)CC1=O. The van der Waals surface area contributed by atoms with Crippen LogP contribution in [0, 0.1) is 5.92 Å². The Morgan fingerprint density at radius 1 is 1.08 bits per heavy atom. The van der Waals surface area contributed by atoms with Gasteiger partial charge in [0, 0.05) is 24.7 Å². The number of rotatable bonds is 4. The number of halogens is 2. The fraction of sp³-hybridized carbons (Fsp3) is 0.481. The van der Waals surface area contributed by atoms with Crippen LogP contribution in [0.4, 0.5) is 10.5 Å². The summed E-state index contributed by atoms with van der Waals surface area (Å²) in [6.07, 6.45) is 3.02. The molecule has 0 spiro atoms. The Morgan fingerprint density at radius 2 is 1.72 bits per heavy atom. The summed E-state index contributed by atoms with van der Waals surface area (Å²) >= 11 is 12.9. The quantitative estimate of drug-likeness (QED) is 0.465. The number of carbonyl (C=O) groups excluding carboxylic acids is 4. The number of Topliss-reactive ketones (excluding diaryl/α,β-unsaturated/α-hetero) is 2. The van der Waals surface area contributed by atoms with Crippen LogP contribution in [0.3, 0.4) is 0 Å². The maximum Gasteiger partial charge on any atom is 0.410 e. The molecule has 208 valence electrons. The summed E-state index contributed by atoms with van der Waals surface area (Å²) in [6.45, 7) is 8.10. The number of ether oxygens (including phenoxy) is 2. The van der Waals surface area contributed by atoms with E-state index in [1.54, 1.807) is 11.0 Å². The van der Waals surface area contributed by atoms with Crippen LogP contribution in [0.5, 0.6) is 5.75 Å². The van der Waals surface area contributed by atoms with Crippen LogP contribution in [0.25, 0.3) is 0 Å². The minimum absolute atomic E-state index is 0.0600. The van der Waals surface area contributed by atoms with Crippen LogP contribution >= 0.6 is 23.2 Å². The van der Waals surface area contributed by atoms with Gasteiger partial charge in [0.1, 0.15) is 17.9 Å². The Kier molecular flexibility index (Phi) is 8.46. The molecule has 0 atom stereocenters. The summed E-state index contributed by atoms with van der Waals surface area (Å²) in [6, 6.07) is 2.93. The molecule has 4 rings (SSSR count). The highest BCUT2D eigenvalue weighted by Crippen LogP contribution is 2.38. The fourth-order valence-electron chi connectivity index (χ4n) is 4.39. The van der Waals surface area contributed by atoms with E-state index in [-0.39, 0.29) is 63.9 Å². The largest absolute Gasteiger partial charge is 0.444 e. The number of ketones is 2. The monoisotopic (exact) mass is 576 g/mol. The fourth-order valence-corrected chi connectivity index (χ4v) is 4.95. The van der Waals surface area contributed by atoms with E-state index in [0.717, 1.165) is 17.9 Å². The molecule has 1 aromatic carbocycles. The van der Waals surface area contributed by atoms with E-state index >= 15 is 0 Å². The predicted octanol–water partition coefficient (Wildman–Crippen LogP) is 5.00. The number of benzene rings is 1. The molecule has 1 aromatic rings. The third-order valence-corrected chi connectivity index (χ3v) is 7.01. The van der Waals surface area contributed by atoms with E-state index < -0.39 is 11.5 Å². The Hall–Kier alpha value is -3.24. The van der Waals surface area contributed by atoms with E-state index in [1.807, 2.05) is 20.8 Å². The van der Waals surface area contributed by atoms with Crippen molar-refractivity contribution in [2.75, 3.05) is 24.6 Å². The molecule has 1 fully saturated rings. The lowest BCUT2D eigenvalue weighted by atomic mass is 9.88. The van der Waals surface area contributed by atoms with E-state index in [2.05, 4.69) is 10.1 Å². The maximum atomic E-state index is 12.6. The number of hydrazone groups is 1. The van der Waals surface area contributed by atoms with Gasteiger partial charge in [-0.25, -0.2) is 9.79 Å². The number of nitrogens with zero attached hydrogens (tertiary/aromatic N) is 4. The smallest absolute Gasteiger partial charge is 0.410 e. The zero-order valence-electron chi connectivity index (χ0n) is 22.3. The Balaban J connectivity index is 1.42. The lowest BCUT2D eigenvalue weighted by Crippen LogP contribution is -2.41. The summed E-state index contributed by atoms with van der Waals surface area (Å²) < 4.78 is 11.3. The topological polar surface area (TPSA) is 118 Å². The molecule has 10 nitrogen and oxygen atoms in total. The summed E-state index contributed by atoms with van der Waals surface area (Å²) in [7, 11) is 0. The number of likely N-dealkylation sites (tertiary alicyclic amines) is 1. The number of piperidine rings is 1. The molecule has 0 radical (unpaired) electrons. The number of aliphatic imine (C=N–C) groups is 1. The number of anilines is 1. The number of hydrogen-bond acceptors (Lipinski definition) is 8. The van der Waals surface area contributed by atoms with Gasteiger partial charge in [0.05, 0.1) is 22.2 Å². The van der Waals surface area contributed by atoms with Crippen molar-refractivity contribution in [3.63, 3.8) is 0 Å². The lowest BCUT2D eigenvalue weighted by Gasteiger charge is -2.33. The minimum Gasteiger partial charge on any atom is -0.444 e. The van der Waals surface area contributed by atoms with Gasteiger partial charge >= 0.3 is 6.09 Å². The second kappa shape index (κ2) is 11.5. The third-order valence-electron chi connectivity index (χ3n) is 6.44. The molecule has 3 heterocycles. The number of amides is 2. The highest BCUT2D eigenvalue weighted by atomic mass is 35.5. The van der Waals surface area contributed by atoms with Crippen molar-refractivity contribution in [3.05, 3.63) is 33.8 Å². The van der Waals surface area contributed by atoms with Gasteiger partial charge in [-0.3, -0.25) is 14.4 Å². The molecule has 2 amide bonds. The van der Waals surface area contributed by atoms with Crippen molar-refractivity contribution in [1.82, 2.24) is 4.90 Å². The number of hydrogen-bond donors (Lipinski definition) is 0. The standard InChI is InChI=1S/C27H30Cl2N4O6/c1-15-21(34)13-24(36)33(31-15)18-11-19(28)25(20(29)12-18)38-23-10-17(22(35)14-30-23)9-16-5-7-32(8-6-16)26(37)39-27(2,3)4/h10-12,16H,5-9,13-14H2,1-4H3. The molecule has 0 aromatic heterocycles. The van der Waals surface area contributed by atoms with E-state index in [0.29, 0.717) is 30.8 Å². The van der Waals surface area contributed by atoms with Gasteiger partial charge in [0.15, 0.2) is 17.3 Å². The summed E-state index contributed by atoms with van der Waals surface area (Å²) in [5, 5.41) is 5.34. The van der Waals surface area contributed by atoms with Gasteiger partial charge in [-0.15, -0.1) is 0 Å². The summed E-state index contributed by atoms with van der Waals surface area (Å²) in [5.74, 6) is -0.377. The highest BCUT2D eigenvalue weighted by molar-refractivity contribution is 6.44. The first-order valence-electron chi connectivity index (χ1n) is 12.6. The molecule has 0 aliphatic carbocycles. The van der Waals surface area contributed by atoms with Crippen LogP contribution in [-0.2, 0) is 19.1 Å². The molecule has 0 N–H and O–H groups in total. The molecule has 12 heteroatoms. The first kappa shape index (κ1) is 28.8. The molecule has 39 heavy (non-hydrogen) atoms. The third kappa shape index (κ3) is 7.05. The van der Waals surface area contributed by atoms with Gasteiger partial charge in [0.2, 0.25) is 5.90 Å². The van der Waals surface area contributed by atoms with Crippen LogP contribution < -0.4 is 9.75 Å². The van der Waals surface area contributed by atoms with Crippen molar-refractivity contribution in [2.45, 2.75) is 59.0 Å². The van der Waals surface area contributed by atoms with Crippen molar-refractivity contribution < 1.29 is 28.7 Å². The van der Waals surface area contributed by atoms with Crippen molar-refractivity contribution in [3.8, 4) is 5.75 Å². The normalized spacial score (nSPS) is 19.0. The minimum atomic E-state index is -0.548. The zero-order chi connectivity index (χ0) is 28.5. The van der Waals surface area contributed by atoms with Crippen LogP contribution in [-0.4, -0.2) is 65.3 Å². The van der Waals surface area contributed by atoms with Gasteiger partial charge in [-0.2, -0.15) is 10.1 Å². The lowest BCUT2D eigenvalue weighted by molar-refractivity contribution is -0.124. The second-order valence-corrected chi connectivity index (χ2v) is 11.5. The van der Waals surface area contributed by atoms with Gasteiger partial charge < -0.3 is 14.4 Å². The van der Waals surface area contributed by atoms with Gasteiger partial charge in [0.25, 0.3) is 5.91 Å². The second-order valence-electron chi connectivity index (χ2n) is 10.7. The number of dihydropyridines is 1. The molecule has 0 saturated carbocycles. The van der Waals surface area contributed by atoms with E-state index in [4.69, 9.17) is 32.7 Å². The van der Waals surface area contributed by atoms with Crippen molar-refractivity contribution >= 4 is 64.1 Å². The Morgan fingerprint density at radius 3 is 2.33 bits per heavy atom. The molecule has 0 unspecified atom stereocenters. The average Bonchev–Trinajstić information content (AvgIpc) is 2.85. The summed E-state index contributed by atoms with van der Waals surface area (Å²) in [5.41, 5.74) is 0.543. The molecular formula is C27H30Cl2N4O6. The highest BCUT2D eigenvalue weighted by Gasteiger charge is 2.30. The van der Waals surface area contributed by atoms with Crippen molar-refractivity contribution in [2.24, 2.45) is 16.0 Å². The maximum absolute atomic E-state index is 12.6. The first-order valence-corrected chi connectivity index (χ1v) is 13.4. The zero-order valence-corrected chi connectivity index (χ0v) is 23.8. The molecular weight excluding hydrogens is 547 g/mol. The van der Waals surface area contributed by atoms with Crippen molar-refractivity contribution in [1.29, 1.82) is 0 Å². The predicted molar refractivity (Wildman–Crippen MR) is 148 cm³/mol. The molecule has 3 aliphatic heterocycles. The van der Waals surface area contributed by atoms with Crippen LogP contribution in [0.15, 0.2) is 33.9 Å². The molecule has 1 saturated heterocycles. The van der Waals surface area contributed by atoms with Crippen LogP contribution in [0.1, 0.15) is 53.4 Å². The van der Waals surface area contributed by atoms with E-state index in [1.165, 1.54) is 19.1 Å². The van der Waals surface area contributed by atoms with Gasteiger partial charge in [-0.1, -0.05) is 23.2 Å². The summed E-state index contributed by atoms with van der Waals surface area (Å²) in [4.78, 5) is 54.9. The number of carbonyl (C=O) groups is 4. The van der Waals surface area contributed by atoms with Crippen LogP contribution in [0.2, 0.25) is 10.0 Å². The Labute approximate surface area is 236 Å². The first-order chi connectivity index (χ1) is 18.3. The average molecular weight is 577 g/mol. The molecule has 0 bridgehead atoms. The molecule has 3 aliphatic rings. The Bertz CT molecular complexity index is 1280.